The van der Waals surface area contributed by atoms with Crippen molar-refractivity contribution in [3.8, 4) is 5.75 Å². The number of hydrogen-bond donors (Lipinski definition) is 1. The van der Waals surface area contributed by atoms with Crippen molar-refractivity contribution >= 4 is 45.0 Å². The number of hydrogen-bond acceptors (Lipinski definition) is 3. The van der Waals surface area contributed by atoms with E-state index in [2.05, 4.69) is 21.2 Å². The van der Waals surface area contributed by atoms with Gasteiger partial charge in [-0.05, 0) is 46.7 Å². The lowest BCUT2D eigenvalue weighted by Crippen LogP contribution is -2.25. The van der Waals surface area contributed by atoms with E-state index in [1.165, 1.54) is 18.6 Å². The van der Waals surface area contributed by atoms with Gasteiger partial charge in [0.05, 0.1) is 17.3 Å². The van der Waals surface area contributed by atoms with Crippen molar-refractivity contribution in [3.63, 3.8) is 0 Å². The van der Waals surface area contributed by atoms with Crippen molar-refractivity contribution in [2.75, 3.05) is 23.9 Å². The van der Waals surface area contributed by atoms with E-state index in [0.717, 1.165) is 21.7 Å². The summed E-state index contributed by atoms with van der Waals surface area (Å²) >= 11 is 11.5. The average molecular weight is 337 g/mol. The summed E-state index contributed by atoms with van der Waals surface area (Å²) in [5, 5.41) is 4.23. The monoisotopic (exact) mass is 335 g/mol. The molecule has 1 aliphatic heterocycles. The molecule has 0 aromatic heterocycles. The molecule has 1 fully saturated rings. The van der Waals surface area contributed by atoms with Gasteiger partial charge in [0.2, 0.25) is 0 Å². The molecule has 17 heavy (non-hydrogen) atoms. The van der Waals surface area contributed by atoms with Gasteiger partial charge in [-0.1, -0.05) is 11.6 Å². The van der Waals surface area contributed by atoms with Gasteiger partial charge in [0.15, 0.2) is 5.75 Å². The Morgan fingerprint density at radius 3 is 3.00 bits per heavy atom. The van der Waals surface area contributed by atoms with Gasteiger partial charge < -0.3 is 10.1 Å². The molecule has 0 amide bonds. The zero-order valence-electron chi connectivity index (χ0n) is 9.63. The molecule has 0 bridgehead atoms. The summed E-state index contributed by atoms with van der Waals surface area (Å²) in [6.45, 7) is 0. The predicted molar refractivity (Wildman–Crippen MR) is 79.7 cm³/mol. The minimum atomic E-state index is 0.507. The first-order chi connectivity index (χ1) is 8.20. The predicted octanol–water partition coefficient (Wildman–Crippen LogP) is 4.42. The van der Waals surface area contributed by atoms with Crippen molar-refractivity contribution in [1.82, 2.24) is 0 Å². The topological polar surface area (TPSA) is 21.3 Å². The Morgan fingerprint density at radius 1 is 1.53 bits per heavy atom. The molecule has 94 valence electrons. The Labute approximate surface area is 120 Å². The van der Waals surface area contributed by atoms with Crippen LogP contribution in [-0.2, 0) is 0 Å². The van der Waals surface area contributed by atoms with E-state index >= 15 is 0 Å². The molecule has 0 aliphatic carbocycles. The fraction of sp³-hybridized carbons (Fsp3) is 0.500. The molecule has 1 heterocycles. The SMILES string of the molecule is COc1c(Br)cc(Cl)cc1NC1CCCSC1. The minimum Gasteiger partial charge on any atom is -0.493 e. The van der Waals surface area contributed by atoms with Gasteiger partial charge in [-0.2, -0.15) is 11.8 Å². The smallest absolute Gasteiger partial charge is 0.156 e. The number of nitrogens with one attached hydrogen (secondary N) is 1. The van der Waals surface area contributed by atoms with Crippen molar-refractivity contribution in [2.24, 2.45) is 0 Å². The number of benzene rings is 1. The standard InChI is InChI=1S/C12H15BrClNOS/c1-16-12-10(13)5-8(14)6-11(12)15-9-3-2-4-17-7-9/h5-6,9,15H,2-4,7H2,1H3. The highest BCUT2D eigenvalue weighted by molar-refractivity contribution is 9.10. The fourth-order valence-corrected chi connectivity index (χ4v) is 3.99. The molecule has 0 radical (unpaired) electrons. The van der Waals surface area contributed by atoms with Gasteiger partial charge in [0.1, 0.15) is 0 Å². The highest BCUT2D eigenvalue weighted by Crippen LogP contribution is 2.37. The Kier molecular flexibility index (Phi) is 4.88. The van der Waals surface area contributed by atoms with Crippen LogP contribution in [0.1, 0.15) is 12.8 Å². The average Bonchev–Trinajstić information content (AvgIpc) is 2.30. The van der Waals surface area contributed by atoms with Gasteiger partial charge in [0.25, 0.3) is 0 Å². The molecule has 5 heteroatoms. The Morgan fingerprint density at radius 2 is 2.35 bits per heavy atom. The lowest BCUT2D eigenvalue weighted by atomic mass is 10.1. The van der Waals surface area contributed by atoms with Crippen molar-refractivity contribution in [1.29, 1.82) is 0 Å². The van der Waals surface area contributed by atoms with Crippen LogP contribution in [0.3, 0.4) is 0 Å². The summed E-state index contributed by atoms with van der Waals surface area (Å²) < 4.78 is 6.29. The first-order valence-corrected chi connectivity index (χ1v) is 7.90. The molecule has 1 saturated heterocycles. The van der Waals surface area contributed by atoms with Crippen molar-refractivity contribution in [2.45, 2.75) is 18.9 Å². The Hall–Kier alpha value is -0.0600. The van der Waals surface area contributed by atoms with Crippen LogP contribution in [0.2, 0.25) is 5.02 Å². The maximum atomic E-state index is 6.07. The number of halogens is 2. The highest BCUT2D eigenvalue weighted by Gasteiger charge is 2.17. The second-order valence-corrected chi connectivity index (χ2v) is 6.47. The second kappa shape index (κ2) is 6.21. The summed E-state index contributed by atoms with van der Waals surface area (Å²) in [5.74, 6) is 3.24. The second-order valence-electron chi connectivity index (χ2n) is 4.03. The van der Waals surface area contributed by atoms with E-state index in [0.29, 0.717) is 11.1 Å². The summed E-state index contributed by atoms with van der Waals surface area (Å²) in [5.41, 5.74) is 0.972. The normalized spacial score (nSPS) is 20.1. The van der Waals surface area contributed by atoms with Crippen LogP contribution in [0.4, 0.5) is 5.69 Å². The van der Waals surface area contributed by atoms with E-state index in [1.807, 2.05) is 23.9 Å². The van der Waals surface area contributed by atoms with Crippen molar-refractivity contribution < 1.29 is 4.74 Å². The number of thioether (sulfide) groups is 1. The lowest BCUT2D eigenvalue weighted by molar-refractivity contribution is 0.413. The third-order valence-corrected chi connectivity index (χ3v) is 4.76. The van der Waals surface area contributed by atoms with E-state index in [9.17, 15) is 0 Å². The van der Waals surface area contributed by atoms with Crippen LogP contribution in [0.25, 0.3) is 0 Å². The van der Waals surface area contributed by atoms with Gasteiger partial charge in [-0.3, -0.25) is 0 Å². The van der Waals surface area contributed by atoms with E-state index in [-0.39, 0.29) is 0 Å². The molecular weight excluding hydrogens is 322 g/mol. The van der Waals surface area contributed by atoms with Gasteiger partial charge >= 0.3 is 0 Å². The lowest BCUT2D eigenvalue weighted by Gasteiger charge is -2.25. The number of anilines is 1. The maximum absolute atomic E-state index is 6.07. The third-order valence-electron chi connectivity index (χ3n) is 2.73. The van der Waals surface area contributed by atoms with Gasteiger partial charge in [-0.15, -0.1) is 0 Å². The van der Waals surface area contributed by atoms with E-state index in [1.54, 1.807) is 7.11 Å². The molecule has 2 nitrogen and oxygen atoms in total. The molecule has 0 saturated carbocycles. The molecule has 2 rings (SSSR count). The molecule has 1 atom stereocenters. The number of rotatable bonds is 3. The highest BCUT2D eigenvalue weighted by atomic mass is 79.9. The van der Waals surface area contributed by atoms with E-state index < -0.39 is 0 Å². The van der Waals surface area contributed by atoms with Gasteiger partial charge in [0, 0.05) is 16.8 Å². The first kappa shape index (κ1) is 13.4. The maximum Gasteiger partial charge on any atom is 0.156 e. The van der Waals surface area contributed by atoms with Gasteiger partial charge in [-0.25, -0.2) is 0 Å². The Bertz CT molecular complexity index is 396. The first-order valence-electron chi connectivity index (χ1n) is 5.58. The fourth-order valence-electron chi connectivity index (χ4n) is 1.95. The molecular formula is C12H15BrClNOS. The number of methoxy groups -OCH3 is 1. The molecule has 1 N–H and O–H groups in total. The quantitative estimate of drug-likeness (QED) is 0.883. The zero-order chi connectivity index (χ0) is 12.3. The molecule has 1 aliphatic rings. The van der Waals surface area contributed by atoms with Crippen LogP contribution in [0.15, 0.2) is 16.6 Å². The van der Waals surface area contributed by atoms with Crippen LogP contribution in [0, 0.1) is 0 Å². The largest absolute Gasteiger partial charge is 0.493 e. The summed E-state index contributed by atoms with van der Waals surface area (Å²) in [4.78, 5) is 0. The molecule has 1 unspecified atom stereocenters. The zero-order valence-corrected chi connectivity index (χ0v) is 12.8. The number of ether oxygens (including phenoxy) is 1. The minimum absolute atomic E-state index is 0.507. The molecule has 1 aromatic carbocycles. The van der Waals surface area contributed by atoms with Crippen LogP contribution in [0.5, 0.6) is 5.75 Å². The van der Waals surface area contributed by atoms with E-state index in [4.69, 9.17) is 16.3 Å². The summed E-state index contributed by atoms with van der Waals surface area (Å²) in [7, 11) is 1.68. The Balaban J connectivity index is 2.18. The third kappa shape index (κ3) is 3.46. The van der Waals surface area contributed by atoms with Crippen molar-refractivity contribution in [3.05, 3.63) is 21.6 Å². The molecule has 1 aromatic rings. The summed E-state index contributed by atoms with van der Waals surface area (Å²) in [6, 6.07) is 4.28. The van der Waals surface area contributed by atoms with Crippen LogP contribution < -0.4 is 10.1 Å². The van der Waals surface area contributed by atoms with Crippen LogP contribution in [-0.4, -0.2) is 24.7 Å². The summed E-state index contributed by atoms with van der Waals surface area (Å²) in [6.07, 6.45) is 2.48. The molecule has 0 spiro atoms. The van der Waals surface area contributed by atoms with Crippen LogP contribution >= 0.6 is 39.3 Å².